The first kappa shape index (κ1) is 9.67. The molecule has 0 spiro atoms. The highest BCUT2D eigenvalue weighted by Crippen LogP contribution is 2.23. The minimum Gasteiger partial charge on any atom is -0.495 e. The first-order valence-corrected chi connectivity index (χ1v) is 4.57. The van der Waals surface area contributed by atoms with E-state index in [0.29, 0.717) is 6.54 Å². The van der Waals surface area contributed by atoms with Crippen LogP contribution >= 0.6 is 0 Å². The Hall–Kier alpha value is -1.88. The molecule has 78 valence electrons. The van der Waals surface area contributed by atoms with Crippen LogP contribution in [0.3, 0.4) is 0 Å². The van der Waals surface area contributed by atoms with Crippen LogP contribution in [0.1, 0.15) is 5.56 Å². The lowest BCUT2D eigenvalue weighted by Gasteiger charge is -2.09. The van der Waals surface area contributed by atoms with E-state index in [2.05, 4.69) is 10.2 Å². The maximum absolute atomic E-state index is 5.58. The lowest BCUT2D eigenvalue weighted by atomic mass is 10.2. The summed E-state index contributed by atoms with van der Waals surface area (Å²) in [6.45, 7) is 0.499. The Kier molecular flexibility index (Phi) is 2.64. The molecule has 5 heteroatoms. The number of methoxy groups -OCH3 is 1. The van der Waals surface area contributed by atoms with Gasteiger partial charge >= 0.3 is 0 Å². The first-order valence-electron chi connectivity index (χ1n) is 4.57. The molecule has 2 aromatic rings. The summed E-state index contributed by atoms with van der Waals surface area (Å²) in [5.74, 6) is 0.770. The van der Waals surface area contributed by atoms with E-state index in [1.807, 2.05) is 18.2 Å². The van der Waals surface area contributed by atoms with Gasteiger partial charge in [-0.05, 0) is 17.7 Å². The number of ether oxygens (including phenoxy) is 1. The second-order valence-corrected chi connectivity index (χ2v) is 3.08. The van der Waals surface area contributed by atoms with Gasteiger partial charge in [0.2, 0.25) is 0 Å². The van der Waals surface area contributed by atoms with Crippen molar-refractivity contribution < 1.29 is 4.74 Å². The third kappa shape index (κ3) is 1.82. The van der Waals surface area contributed by atoms with Crippen LogP contribution in [-0.2, 0) is 6.54 Å². The van der Waals surface area contributed by atoms with Crippen molar-refractivity contribution in [1.29, 1.82) is 0 Å². The van der Waals surface area contributed by atoms with Crippen LogP contribution in [0, 0.1) is 0 Å². The molecule has 2 rings (SSSR count). The quantitative estimate of drug-likeness (QED) is 0.800. The van der Waals surface area contributed by atoms with E-state index in [9.17, 15) is 0 Å². The SMILES string of the molecule is COc1ccc(CN)cc1-n1cnnc1. The smallest absolute Gasteiger partial charge is 0.142 e. The van der Waals surface area contributed by atoms with Crippen LogP contribution in [0.25, 0.3) is 5.69 Å². The van der Waals surface area contributed by atoms with Gasteiger partial charge in [-0.1, -0.05) is 6.07 Å². The van der Waals surface area contributed by atoms with Crippen molar-refractivity contribution in [3.05, 3.63) is 36.4 Å². The number of hydrogen-bond donors (Lipinski definition) is 1. The topological polar surface area (TPSA) is 66.0 Å². The molecule has 1 aromatic heterocycles. The number of aromatic nitrogens is 3. The summed E-state index contributed by atoms with van der Waals surface area (Å²) >= 11 is 0. The third-order valence-corrected chi connectivity index (χ3v) is 2.18. The van der Waals surface area contributed by atoms with Crippen LogP contribution in [-0.4, -0.2) is 21.9 Å². The molecule has 0 amide bonds. The standard InChI is InChI=1S/C10H12N4O/c1-15-10-3-2-8(5-11)4-9(10)14-6-12-13-7-14/h2-4,6-7H,5,11H2,1H3. The van der Waals surface area contributed by atoms with Gasteiger partial charge in [-0.15, -0.1) is 10.2 Å². The maximum Gasteiger partial charge on any atom is 0.142 e. The molecule has 0 atom stereocenters. The second kappa shape index (κ2) is 4.10. The van der Waals surface area contributed by atoms with Crippen LogP contribution < -0.4 is 10.5 Å². The van der Waals surface area contributed by atoms with Crippen molar-refractivity contribution in [2.45, 2.75) is 6.54 Å². The average molecular weight is 204 g/mol. The van der Waals surface area contributed by atoms with Gasteiger partial charge in [0.05, 0.1) is 12.8 Å². The van der Waals surface area contributed by atoms with Crippen molar-refractivity contribution in [1.82, 2.24) is 14.8 Å². The van der Waals surface area contributed by atoms with E-state index in [4.69, 9.17) is 10.5 Å². The predicted octanol–water partition coefficient (Wildman–Crippen LogP) is 0.735. The molecule has 0 bridgehead atoms. The zero-order chi connectivity index (χ0) is 10.7. The Bertz CT molecular complexity index is 439. The van der Waals surface area contributed by atoms with E-state index in [0.717, 1.165) is 17.0 Å². The van der Waals surface area contributed by atoms with Gasteiger partial charge in [0.25, 0.3) is 0 Å². The molecule has 0 aliphatic carbocycles. The lowest BCUT2D eigenvalue weighted by molar-refractivity contribution is 0.412. The summed E-state index contributed by atoms with van der Waals surface area (Å²) in [6, 6.07) is 5.78. The Labute approximate surface area is 87.5 Å². The molecule has 5 nitrogen and oxygen atoms in total. The largest absolute Gasteiger partial charge is 0.495 e. The fraction of sp³-hybridized carbons (Fsp3) is 0.200. The summed E-state index contributed by atoms with van der Waals surface area (Å²) in [4.78, 5) is 0. The van der Waals surface area contributed by atoms with Gasteiger partial charge in [-0.3, -0.25) is 4.57 Å². The zero-order valence-corrected chi connectivity index (χ0v) is 8.42. The molecule has 0 aliphatic heterocycles. The van der Waals surface area contributed by atoms with E-state index in [1.165, 1.54) is 0 Å². The van der Waals surface area contributed by atoms with E-state index in [-0.39, 0.29) is 0 Å². The molecule has 0 saturated heterocycles. The summed E-state index contributed by atoms with van der Waals surface area (Å²) in [6.07, 6.45) is 3.25. The van der Waals surface area contributed by atoms with Crippen LogP contribution in [0.2, 0.25) is 0 Å². The minimum absolute atomic E-state index is 0.499. The Morgan fingerprint density at radius 1 is 1.33 bits per heavy atom. The minimum atomic E-state index is 0.499. The fourth-order valence-corrected chi connectivity index (χ4v) is 1.39. The van der Waals surface area contributed by atoms with Crippen LogP contribution in [0.15, 0.2) is 30.9 Å². The van der Waals surface area contributed by atoms with Gasteiger partial charge in [0.15, 0.2) is 0 Å². The van der Waals surface area contributed by atoms with E-state index >= 15 is 0 Å². The average Bonchev–Trinajstić information content (AvgIpc) is 2.81. The molecule has 0 aliphatic rings. The third-order valence-electron chi connectivity index (χ3n) is 2.18. The molecule has 0 saturated carbocycles. The molecule has 0 radical (unpaired) electrons. The van der Waals surface area contributed by atoms with Gasteiger partial charge in [-0.25, -0.2) is 0 Å². The second-order valence-electron chi connectivity index (χ2n) is 3.08. The Balaban J connectivity index is 2.52. The highest BCUT2D eigenvalue weighted by molar-refractivity contribution is 5.48. The van der Waals surface area contributed by atoms with Gasteiger partial charge < -0.3 is 10.5 Å². The summed E-state index contributed by atoms with van der Waals surface area (Å²) in [5, 5.41) is 7.51. The molecule has 15 heavy (non-hydrogen) atoms. The van der Waals surface area contributed by atoms with Crippen LogP contribution in [0.5, 0.6) is 5.75 Å². The summed E-state index contributed by atoms with van der Waals surface area (Å²) < 4.78 is 7.04. The molecule has 1 heterocycles. The Morgan fingerprint density at radius 3 is 2.67 bits per heavy atom. The molecule has 1 aromatic carbocycles. The highest BCUT2D eigenvalue weighted by Gasteiger charge is 2.05. The maximum atomic E-state index is 5.58. The van der Waals surface area contributed by atoms with E-state index < -0.39 is 0 Å². The zero-order valence-electron chi connectivity index (χ0n) is 8.42. The van der Waals surface area contributed by atoms with Crippen molar-refractivity contribution in [2.24, 2.45) is 5.73 Å². The molecule has 0 fully saturated rings. The Morgan fingerprint density at radius 2 is 2.07 bits per heavy atom. The van der Waals surface area contributed by atoms with Crippen molar-refractivity contribution in [2.75, 3.05) is 7.11 Å². The fourth-order valence-electron chi connectivity index (χ4n) is 1.39. The van der Waals surface area contributed by atoms with Crippen molar-refractivity contribution >= 4 is 0 Å². The van der Waals surface area contributed by atoms with Gasteiger partial charge in [0.1, 0.15) is 18.4 Å². The monoisotopic (exact) mass is 204 g/mol. The van der Waals surface area contributed by atoms with Gasteiger partial charge in [-0.2, -0.15) is 0 Å². The van der Waals surface area contributed by atoms with Gasteiger partial charge in [0, 0.05) is 6.54 Å². The molecular weight excluding hydrogens is 192 g/mol. The van der Waals surface area contributed by atoms with Crippen molar-refractivity contribution in [3.8, 4) is 11.4 Å². The molecular formula is C10H12N4O. The summed E-state index contributed by atoms with van der Waals surface area (Å²) in [5.41, 5.74) is 7.52. The lowest BCUT2D eigenvalue weighted by Crippen LogP contribution is -2.00. The first-order chi connectivity index (χ1) is 7.35. The number of rotatable bonds is 3. The normalized spacial score (nSPS) is 10.3. The highest BCUT2D eigenvalue weighted by atomic mass is 16.5. The summed E-state index contributed by atoms with van der Waals surface area (Å²) in [7, 11) is 1.63. The van der Waals surface area contributed by atoms with E-state index in [1.54, 1.807) is 24.3 Å². The number of benzene rings is 1. The molecule has 0 unspecified atom stereocenters. The number of nitrogens with two attached hydrogens (primary N) is 1. The molecule has 2 N–H and O–H groups in total. The van der Waals surface area contributed by atoms with Crippen molar-refractivity contribution in [3.63, 3.8) is 0 Å². The van der Waals surface area contributed by atoms with Crippen LogP contribution in [0.4, 0.5) is 0 Å². The number of hydrogen-bond acceptors (Lipinski definition) is 4. The predicted molar refractivity (Wildman–Crippen MR) is 55.8 cm³/mol. The number of nitrogens with zero attached hydrogens (tertiary/aromatic N) is 3.